The Labute approximate surface area is 141 Å². The van der Waals surface area contributed by atoms with E-state index in [9.17, 15) is 0 Å². The molecule has 0 aliphatic carbocycles. The van der Waals surface area contributed by atoms with Gasteiger partial charge < -0.3 is 5.73 Å². The number of nitrogens with zero attached hydrogens (tertiary/aromatic N) is 4. The van der Waals surface area contributed by atoms with Crippen molar-refractivity contribution in [2.24, 2.45) is 0 Å². The lowest BCUT2D eigenvalue weighted by atomic mass is 10.1. The van der Waals surface area contributed by atoms with Crippen LogP contribution in [0.15, 0.2) is 54.9 Å². The molecule has 0 saturated heterocycles. The molecule has 1 aromatic carbocycles. The monoisotopic (exact) mass is 317 g/mol. The Balaban J connectivity index is 1.53. The highest BCUT2D eigenvalue weighted by atomic mass is 15.1. The summed E-state index contributed by atoms with van der Waals surface area (Å²) < 4.78 is 0. The van der Waals surface area contributed by atoms with E-state index in [1.54, 1.807) is 6.20 Å². The Kier molecular flexibility index (Phi) is 3.92. The van der Waals surface area contributed by atoms with Crippen LogP contribution >= 0.6 is 0 Å². The van der Waals surface area contributed by atoms with Gasteiger partial charge in [0, 0.05) is 55.1 Å². The lowest BCUT2D eigenvalue weighted by Crippen LogP contribution is -2.31. The minimum absolute atomic E-state index is 0.610. The van der Waals surface area contributed by atoms with Gasteiger partial charge in [-0.3, -0.25) is 4.90 Å². The molecule has 5 nitrogen and oxygen atoms in total. The van der Waals surface area contributed by atoms with E-state index in [0.29, 0.717) is 5.82 Å². The molecular weight excluding hydrogens is 298 g/mol. The number of nitrogen functional groups attached to an aromatic ring is 1. The molecule has 0 amide bonds. The first-order valence-corrected chi connectivity index (χ1v) is 8.11. The van der Waals surface area contributed by atoms with Crippen molar-refractivity contribution >= 4 is 5.82 Å². The van der Waals surface area contributed by atoms with Crippen LogP contribution in [0.5, 0.6) is 0 Å². The predicted molar refractivity (Wildman–Crippen MR) is 93.9 cm³/mol. The fourth-order valence-corrected chi connectivity index (χ4v) is 3.06. The highest BCUT2D eigenvalue weighted by Gasteiger charge is 2.19. The van der Waals surface area contributed by atoms with Gasteiger partial charge >= 0.3 is 0 Å². The quantitative estimate of drug-likeness (QED) is 0.804. The van der Waals surface area contributed by atoms with Crippen LogP contribution < -0.4 is 5.73 Å². The van der Waals surface area contributed by atoms with Gasteiger partial charge in [-0.05, 0) is 6.07 Å². The molecule has 2 aromatic heterocycles. The van der Waals surface area contributed by atoms with Crippen LogP contribution in [-0.4, -0.2) is 26.4 Å². The molecule has 0 saturated carbocycles. The maximum absolute atomic E-state index is 5.95. The van der Waals surface area contributed by atoms with Gasteiger partial charge in [0.1, 0.15) is 5.82 Å². The Bertz CT molecular complexity index is 847. The highest BCUT2D eigenvalue weighted by molar-refractivity contribution is 5.54. The average molecular weight is 317 g/mol. The minimum atomic E-state index is 0.610. The number of pyridine rings is 1. The first-order valence-electron chi connectivity index (χ1n) is 8.11. The third-order valence-electron chi connectivity index (χ3n) is 4.37. The summed E-state index contributed by atoms with van der Waals surface area (Å²) in [6.45, 7) is 2.62. The molecular formula is C19H19N5. The lowest BCUT2D eigenvalue weighted by Gasteiger charge is -2.28. The van der Waals surface area contributed by atoms with Crippen LogP contribution in [0.25, 0.3) is 11.4 Å². The van der Waals surface area contributed by atoms with E-state index in [-0.39, 0.29) is 0 Å². The van der Waals surface area contributed by atoms with Crippen molar-refractivity contribution in [1.29, 1.82) is 0 Å². The van der Waals surface area contributed by atoms with Gasteiger partial charge in [0.2, 0.25) is 0 Å². The van der Waals surface area contributed by atoms with E-state index < -0.39 is 0 Å². The summed E-state index contributed by atoms with van der Waals surface area (Å²) in [6.07, 6.45) is 4.62. The zero-order chi connectivity index (χ0) is 16.4. The summed E-state index contributed by atoms with van der Waals surface area (Å²) in [5, 5.41) is 0. The zero-order valence-electron chi connectivity index (χ0n) is 13.4. The largest absolute Gasteiger partial charge is 0.383 e. The molecule has 1 aliphatic rings. The Morgan fingerprint density at radius 3 is 2.75 bits per heavy atom. The number of rotatable bonds is 3. The van der Waals surface area contributed by atoms with E-state index in [0.717, 1.165) is 48.7 Å². The van der Waals surface area contributed by atoms with Gasteiger partial charge in [-0.25, -0.2) is 15.0 Å². The molecule has 5 heteroatoms. The summed E-state index contributed by atoms with van der Waals surface area (Å²) in [7, 11) is 0. The molecule has 3 heterocycles. The average Bonchev–Trinajstić information content (AvgIpc) is 2.64. The standard InChI is InChI=1S/C19H19N5/c20-18-15(7-4-9-21-18)12-24-10-8-17-16(13-24)11-22-19(23-17)14-5-2-1-3-6-14/h1-7,9,11H,8,10,12-13H2,(H2,20,21). The number of fused-ring (bicyclic) bond motifs is 1. The minimum Gasteiger partial charge on any atom is -0.383 e. The van der Waals surface area contributed by atoms with Gasteiger partial charge in [-0.1, -0.05) is 36.4 Å². The molecule has 0 radical (unpaired) electrons. The molecule has 0 atom stereocenters. The van der Waals surface area contributed by atoms with Gasteiger partial charge in [-0.15, -0.1) is 0 Å². The van der Waals surface area contributed by atoms with Crippen molar-refractivity contribution in [3.8, 4) is 11.4 Å². The maximum Gasteiger partial charge on any atom is 0.159 e. The van der Waals surface area contributed by atoms with Gasteiger partial charge in [-0.2, -0.15) is 0 Å². The number of hydrogen-bond donors (Lipinski definition) is 1. The maximum atomic E-state index is 5.95. The van der Waals surface area contributed by atoms with Crippen LogP contribution in [0.3, 0.4) is 0 Å². The first kappa shape index (κ1) is 14.8. The predicted octanol–water partition coefficient (Wildman–Crippen LogP) is 2.68. The third kappa shape index (κ3) is 2.98. The molecule has 0 unspecified atom stereocenters. The lowest BCUT2D eigenvalue weighted by molar-refractivity contribution is 0.243. The molecule has 3 aromatic rings. The molecule has 0 spiro atoms. The highest BCUT2D eigenvalue weighted by Crippen LogP contribution is 2.22. The second-order valence-electron chi connectivity index (χ2n) is 6.04. The van der Waals surface area contributed by atoms with Crippen LogP contribution in [0.1, 0.15) is 16.8 Å². The third-order valence-corrected chi connectivity index (χ3v) is 4.37. The molecule has 1 aliphatic heterocycles. The number of nitrogens with two attached hydrogens (primary N) is 1. The van der Waals surface area contributed by atoms with Crippen LogP contribution in [0.2, 0.25) is 0 Å². The summed E-state index contributed by atoms with van der Waals surface area (Å²) in [5.74, 6) is 1.42. The van der Waals surface area contributed by atoms with Crippen molar-refractivity contribution in [3.63, 3.8) is 0 Å². The second-order valence-corrected chi connectivity index (χ2v) is 6.04. The Morgan fingerprint density at radius 2 is 1.92 bits per heavy atom. The van der Waals surface area contributed by atoms with Crippen molar-refractivity contribution in [2.75, 3.05) is 12.3 Å². The molecule has 0 fully saturated rings. The Hall–Kier alpha value is -2.79. The number of anilines is 1. The molecule has 4 rings (SSSR count). The SMILES string of the molecule is Nc1ncccc1CN1CCc2nc(-c3ccccc3)ncc2C1. The smallest absolute Gasteiger partial charge is 0.159 e. The van der Waals surface area contributed by atoms with Crippen LogP contribution in [0.4, 0.5) is 5.82 Å². The van der Waals surface area contributed by atoms with Crippen molar-refractivity contribution in [3.05, 3.63) is 71.7 Å². The number of aromatic nitrogens is 3. The van der Waals surface area contributed by atoms with E-state index in [1.165, 1.54) is 5.56 Å². The fourth-order valence-electron chi connectivity index (χ4n) is 3.06. The van der Waals surface area contributed by atoms with Gasteiger partial charge in [0.25, 0.3) is 0 Å². The second kappa shape index (κ2) is 6.37. The van der Waals surface area contributed by atoms with Crippen molar-refractivity contribution in [1.82, 2.24) is 19.9 Å². The van der Waals surface area contributed by atoms with Crippen molar-refractivity contribution in [2.45, 2.75) is 19.5 Å². The van der Waals surface area contributed by atoms with Gasteiger partial charge in [0.05, 0.1) is 5.69 Å². The van der Waals surface area contributed by atoms with E-state index >= 15 is 0 Å². The van der Waals surface area contributed by atoms with Crippen LogP contribution in [-0.2, 0) is 19.5 Å². The zero-order valence-corrected chi connectivity index (χ0v) is 13.4. The first-order chi connectivity index (χ1) is 11.8. The summed E-state index contributed by atoms with van der Waals surface area (Å²) in [5.41, 5.74) is 10.4. The Morgan fingerprint density at radius 1 is 1.04 bits per heavy atom. The van der Waals surface area contributed by atoms with Crippen LogP contribution in [0, 0.1) is 0 Å². The van der Waals surface area contributed by atoms with Crippen molar-refractivity contribution < 1.29 is 0 Å². The topological polar surface area (TPSA) is 67.9 Å². The van der Waals surface area contributed by atoms with E-state index in [4.69, 9.17) is 10.7 Å². The fraction of sp³-hybridized carbons (Fsp3) is 0.211. The van der Waals surface area contributed by atoms with Gasteiger partial charge in [0.15, 0.2) is 5.82 Å². The molecule has 2 N–H and O–H groups in total. The summed E-state index contributed by atoms with van der Waals surface area (Å²) >= 11 is 0. The molecule has 0 bridgehead atoms. The van der Waals surface area contributed by atoms with E-state index in [1.807, 2.05) is 48.7 Å². The summed E-state index contributed by atoms with van der Waals surface area (Å²) in [4.78, 5) is 15.8. The van der Waals surface area contributed by atoms with E-state index in [2.05, 4.69) is 14.9 Å². The molecule has 24 heavy (non-hydrogen) atoms. The molecule has 120 valence electrons. The summed E-state index contributed by atoms with van der Waals surface area (Å²) in [6, 6.07) is 14.1. The number of hydrogen-bond acceptors (Lipinski definition) is 5. The normalized spacial score (nSPS) is 14.3. The number of benzene rings is 1.